The molecule has 2 heterocycles. The van der Waals surface area contributed by atoms with Gasteiger partial charge in [-0.15, -0.1) is 0 Å². The number of amides is 1. The second-order valence-electron chi connectivity index (χ2n) is 7.36. The van der Waals surface area contributed by atoms with Crippen molar-refractivity contribution in [1.82, 2.24) is 20.3 Å². The molecule has 2 aliphatic rings. The van der Waals surface area contributed by atoms with Gasteiger partial charge in [0, 0.05) is 25.2 Å². The van der Waals surface area contributed by atoms with Crippen LogP contribution in [0.2, 0.25) is 0 Å². The molecular formula is C19H29N5O2. The first-order chi connectivity index (χ1) is 12.7. The summed E-state index contributed by atoms with van der Waals surface area (Å²) in [5.74, 6) is 1.11. The van der Waals surface area contributed by atoms with Crippen LogP contribution in [-0.2, 0) is 4.79 Å². The summed E-state index contributed by atoms with van der Waals surface area (Å²) >= 11 is 0. The molecule has 1 aliphatic heterocycles. The zero-order valence-electron chi connectivity index (χ0n) is 15.2. The lowest BCUT2D eigenvalue weighted by Gasteiger charge is -2.24. The Kier molecular flexibility index (Phi) is 6.96. The number of likely N-dealkylation sites (tertiary alicyclic amines) is 1. The smallest absolute Gasteiger partial charge is 0.267 e. The fourth-order valence-corrected chi connectivity index (χ4v) is 3.90. The van der Waals surface area contributed by atoms with E-state index in [2.05, 4.69) is 20.2 Å². The molecule has 0 radical (unpaired) electrons. The first kappa shape index (κ1) is 18.8. The van der Waals surface area contributed by atoms with Crippen molar-refractivity contribution >= 4 is 17.8 Å². The van der Waals surface area contributed by atoms with Crippen molar-refractivity contribution < 1.29 is 10.0 Å². The largest absolute Gasteiger partial charge is 0.365 e. The Balaban J connectivity index is 1.40. The maximum absolute atomic E-state index is 11.0. The molecule has 0 aromatic carbocycles. The summed E-state index contributed by atoms with van der Waals surface area (Å²) in [4.78, 5) is 22.1. The number of nitrogens with one attached hydrogen (secondary N) is 2. The zero-order valence-corrected chi connectivity index (χ0v) is 15.2. The molecule has 1 aliphatic carbocycles. The number of carbonyl (C=O) groups excluding carboxylic acids is 1. The Bertz CT molecular complexity index is 598. The Morgan fingerprint density at radius 3 is 2.81 bits per heavy atom. The Morgan fingerprint density at radius 1 is 1.23 bits per heavy atom. The lowest BCUT2D eigenvalue weighted by molar-refractivity contribution is -0.124. The first-order valence-corrected chi connectivity index (χ1v) is 9.66. The van der Waals surface area contributed by atoms with Gasteiger partial charge in [0.1, 0.15) is 5.82 Å². The zero-order chi connectivity index (χ0) is 18.2. The Hall–Kier alpha value is -1.99. The number of anilines is 1. The minimum Gasteiger partial charge on any atom is -0.365 e. The highest BCUT2D eigenvalue weighted by molar-refractivity contribution is 5.90. The van der Waals surface area contributed by atoms with Crippen molar-refractivity contribution in [3.8, 4) is 0 Å². The number of hydroxylamine groups is 1. The number of hydrogen-bond acceptors (Lipinski definition) is 6. The summed E-state index contributed by atoms with van der Waals surface area (Å²) in [5.41, 5.74) is 2.11. The quantitative estimate of drug-likeness (QED) is 0.394. The number of nitrogens with zero attached hydrogens (tertiary/aromatic N) is 3. The summed E-state index contributed by atoms with van der Waals surface area (Å²) in [7, 11) is 0. The molecule has 142 valence electrons. The second kappa shape index (κ2) is 9.64. The molecule has 26 heavy (non-hydrogen) atoms. The predicted molar refractivity (Wildman–Crippen MR) is 101 cm³/mol. The monoisotopic (exact) mass is 359 g/mol. The van der Waals surface area contributed by atoms with Crippen molar-refractivity contribution in [1.29, 1.82) is 0 Å². The van der Waals surface area contributed by atoms with Gasteiger partial charge in [-0.2, -0.15) is 0 Å². The van der Waals surface area contributed by atoms with Crippen LogP contribution in [0.4, 0.5) is 5.82 Å². The highest BCUT2D eigenvalue weighted by Gasteiger charge is 2.23. The molecule has 7 heteroatoms. The Labute approximate surface area is 154 Å². The minimum atomic E-state index is -0.590. The van der Waals surface area contributed by atoms with E-state index >= 15 is 0 Å². The van der Waals surface area contributed by atoms with Crippen LogP contribution in [0.5, 0.6) is 0 Å². The van der Waals surface area contributed by atoms with Crippen LogP contribution in [0.3, 0.4) is 0 Å². The van der Waals surface area contributed by atoms with Crippen LogP contribution in [0.1, 0.15) is 50.6 Å². The summed E-state index contributed by atoms with van der Waals surface area (Å²) in [5, 5.41) is 11.9. The SMILES string of the molecule is O=C(/C=C/c1cnc(N[C@@H]2CCN(CCC3CCCCC3)C2)cn1)NO. The summed E-state index contributed by atoms with van der Waals surface area (Å²) in [6.07, 6.45) is 15.6. The van der Waals surface area contributed by atoms with Gasteiger partial charge >= 0.3 is 0 Å². The second-order valence-corrected chi connectivity index (χ2v) is 7.36. The highest BCUT2D eigenvalue weighted by atomic mass is 16.5. The van der Waals surface area contributed by atoms with Crippen LogP contribution < -0.4 is 10.8 Å². The van der Waals surface area contributed by atoms with Gasteiger partial charge in [-0.05, 0) is 31.4 Å². The van der Waals surface area contributed by atoms with Gasteiger partial charge in [0.05, 0.1) is 18.1 Å². The van der Waals surface area contributed by atoms with E-state index < -0.39 is 5.91 Å². The molecule has 3 rings (SSSR count). The molecular weight excluding hydrogens is 330 g/mol. The van der Waals surface area contributed by atoms with E-state index in [4.69, 9.17) is 5.21 Å². The molecule has 1 aromatic rings. The van der Waals surface area contributed by atoms with Crippen molar-refractivity contribution in [2.45, 2.75) is 51.0 Å². The molecule has 7 nitrogen and oxygen atoms in total. The predicted octanol–water partition coefficient (Wildman–Crippen LogP) is 2.45. The molecule has 1 aromatic heterocycles. The van der Waals surface area contributed by atoms with Crippen molar-refractivity contribution in [3.63, 3.8) is 0 Å². The molecule has 2 fully saturated rings. The van der Waals surface area contributed by atoms with E-state index in [9.17, 15) is 4.79 Å². The third kappa shape index (κ3) is 5.78. The van der Waals surface area contributed by atoms with Gasteiger partial charge in [-0.1, -0.05) is 32.1 Å². The van der Waals surface area contributed by atoms with Crippen LogP contribution in [-0.4, -0.2) is 51.7 Å². The van der Waals surface area contributed by atoms with Crippen LogP contribution in [0.25, 0.3) is 6.08 Å². The molecule has 0 unspecified atom stereocenters. The van der Waals surface area contributed by atoms with Gasteiger partial charge in [0.2, 0.25) is 0 Å². The van der Waals surface area contributed by atoms with Crippen molar-refractivity contribution in [2.24, 2.45) is 5.92 Å². The minimum absolute atomic E-state index is 0.414. The number of aromatic nitrogens is 2. The summed E-state index contributed by atoms with van der Waals surface area (Å²) < 4.78 is 0. The van der Waals surface area contributed by atoms with Crippen LogP contribution in [0, 0.1) is 5.92 Å². The molecule has 1 saturated carbocycles. The van der Waals surface area contributed by atoms with Crippen LogP contribution in [0.15, 0.2) is 18.5 Å². The maximum atomic E-state index is 11.0. The molecule has 1 atom stereocenters. The maximum Gasteiger partial charge on any atom is 0.267 e. The number of hydrogen-bond donors (Lipinski definition) is 3. The third-order valence-electron chi connectivity index (χ3n) is 5.39. The van der Waals surface area contributed by atoms with E-state index in [0.717, 1.165) is 31.2 Å². The average Bonchev–Trinajstić information content (AvgIpc) is 3.13. The summed E-state index contributed by atoms with van der Waals surface area (Å²) in [6.45, 7) is 3.42. The van der Waals surface area contributed by atoms with Crippen LogP contribution >= 0.6 is 0 Å². The van der Waals surface area contributed by atoms with Crippen molar-refractivity contribution in [2.75, 3.05) is 25.0 Å². The van der Waals surface area contributed by atoms with Gasteiger partial charge in [-0.3, -0.25) is 15.0 Å². The van der Waals surface area contributed by atoms with E-state index in [1.807, 2.05) is 0 Å². The van der Waals surface area contributed by atoms with E-state index in [0.29, 0.717) is 11.7 Å². The average molecular weight is 359 g/mol. The van der Waals surface area contributed by atoms with E-state index in [1.54, 1.807) is 12.4 Å². The highest BCUT2D eigenvalue weighted by Crippen LogP contribution is 2.27. The number of rotatable bonds is 7. The van der Waals surface area contributed by atoms with E-state index in [1.165, 1.54) is 62.7 Å². The normalized spacial score (nSPS) is 22.0. The fourth-order valence-electron chi connectivity index (χ4n) is 3.90. The summed E-state index contributed by atoms with van der Waals surface area (Å²) in [6, 6.07) is 0.414. The Morgan fingerprint density at radius 2 is 2.08 bits per heavy atom. The lowest BCUT2D eigenvalue weighted by Crippen LogP contribution is -2.28. The molecule has 0 spiro atoms. The standard InChI is InChI=1S/C19H29N5O2/c25-19(23-26)7-6-16-12-21-18(13-20-16)22-17-9-11-24(14-17)10-8-15-4-2-1-3-5-15/h6-7,12-13,15,17,26H,1-5,8-11,14H2,(H,21,22)(H,23,25)/b7-6+/t17-/m1/s1. The molecule has 1 saturated heterocycles. The molecule has 0 bridgehead atoms. The molecule has 1 amide bonds. The van der Waals surface area contributed by atoms with Gasteiger partial charge in [-0.25, -0.2) is 10.5 Å². The lowest BCUT2D eigenvalue weighted by atomic mass is 9.87. The topological polar surface area (TPSA) is 90.4 Å². The third-order valence-corrected chi connectivity index (χ3v) is 5.39. The van der Waals surface area contributed by atoms with Gasteiger partial charge in [0.15, 0.2) is 0 Å². The van der Waals surface area contributed by atoms with Gasteiger partial charge in [0.25, 0.3) is 5.91 Å². The first-order valence-electron chi connectivity index (χ1n) is 9.66. The van der Waals surface area contributed by atoms with Gasteiger partial charge < -0.3 is 10.2 Å². The van der Waals surface area contributed by atoms with Crippen molar-refractivity contribution in [3.05, 3.63) is 24.2 Å². The van der Waals surface area contributed by atoms with E-state index in [-0.39, 0.29) is 0 Å². The molecule has 3 N–H and O–H groups in total. The fraction of sp³-hybridized carbons (Fsp3) is 0.632. The number of carbonyl (C=O) groups is 1.